The van der Waals surface area contributed by atoms with Gasteiger partial charge in [0.25, 0.3) is 0 Å². The van der Waals surface area contributed by atoms with Crippen LogP contribution in [0, 0.1) is 28.6 Å². The molecule has 0 amide bonds. The summed E-state index contributed by atoms with van der Waals surface area (Å²) in [5.74, 6) is -0.482. The van der Waals surface area contributed by atoms with Gasteiger partial charge in [0.1, 0.15) is 0 Å². The van der Waals surface area contributed by atoms with Crippen molar-refractivity contribution < 1.29 is 27.8 Å². The van der Waals surface area contributed by atoms with E-state index < -0.39 is 23.0 Å². The summed E-state index contributed by atoms with van der Waals surface area (Å²) in [4.78, 5) is 0. The van der Waals surface area contributed by atoms with E-state index in [9.17, 15) is 18.3 Å². The van der Waals surface area contributed by atoms with E-state index in [1.165, 1.54) is 11.1 Å². The van der Waals surface area contributed by atoms with Crippen molar-refractivity contribution in [2.75, 3.05) is 13.2 Å². The predicted octanol–water partition coefficient (Wildman–Crippen LogP) is 8.19. The van der Waals surface area contributed by atoms with Crippen LogP contribution in [-0.4, -0.2) is 35.9 Å². The minimum absolute atomic E-state index is 0.00657. The Labute approximate surface area is 230 Å². The molecule has 5 aliphatic rings. The summed E-state index contributed by atoms with van der Waals surface area (Å²) in [5, 5.41) is 11.3. The minimum atomic E-state index is -4.65. The fraction of sp³-hybridized carbons (Fsp3) is 0.697. The first-order valence-electron chi connectivity index (χ1n) is 14.7. The lowest BCUT2D eigenvalue weighted by atomic mass is 9.50. The highest BCUT2D eigenvalue weighted by atomic mass is 19.4. The number of allylic oxidation sites excluding steroid dienone is 3. The number of fused-ring (bicyclic) bond motifs is 4. The molecular weight excluding hydrogens is 501 g/mol. The topological polar surface area (TPSA) is 38.7 Å². The maximum atomic E-state index is 14.5. The lowest BCUT2D eigenvalue weighted by Gasteiger charge is -2.57. The summed E-state index contributed by atoms with van der Waals surface area (Å²) in [5.41, 5.74) is 1.92. The molecular formula is C33H43F3O3. The van der Waals surface area contributed by atoms with Crippen molar-refractivity contribution in [2.24, 2.45) is 28.6 Å². The van der Waals surface area contributed by atoms with E-state index in [1.807, 2.05) is 19.1 Å². The molecule has 1 spiro atoms. The number of aliphatic hydroxyl groups is 1. The molecule has 4 unspecified atom stereocenters. The number of ether oxygens (including phenoxy) is 2. The quantitative estimate of drug-likeness (QED) is 0.382. The molecule has 1 aromatic carbocycles. The second-order valence-corrected chi connectivity index (χ2v) is 14.3. The van der Waals surface area contributed by atoms with Crippen molar-refractivity contribution in [3.63, 3.8) is 0 Å². The van der Waals surface area contributed by atoms with Gasteiger partial charge in [0, 0.05) is 29.6 Å². The number of halogens is 3. The van der Waals surface area contributed by atoms with Gasteiger partial charge in [-0.1, -0.05) is 68.3 Å². The van der Waals surface area contributed by atoms with Crippen LogP contribution in [0.3, 0.4) is 0 Å². The van der Waals surface area contributed by atoms with Crippen LogP contribution < -0.4 is 0 Å². The molecule has 0 radical (unpaired) electrons. The van der Waals surface area contributed by atoms with Crippen LogP contribution in [0.5, 0.6) is 0 Å². The third-order valence-electron chi connectivity index (χ3n) is 11.2. The zero-order chi connectivity index (χ0) is 28.0. The highest BCUT2D eigenvalue weighted by Crippen LogP contribution is 2.70. The largest absolute Gasteiger partial charge is 0.417 e. The molecule has 4 aliphatic carbocycles. The lowest BCUT2D eigenvalue weighted by Crippen LogP contribution is -2.59. The normalized spacial score (nSPS) is 39.2. The number of benzene rings is 1. The van der Waals surface area contributed by atoms with E-state index in [-0.39, 0.29) is 29.6 Å². The summed E-state index contributed by atoms with van der Waals surface area (Å²) < 4.78 is 56.3. The summed E-state index contributed by atoms with van der Waals surface area (Å²) in [6, 6.07) is 8.20. The van der Waals surface area contributed by atoms with E-state index in [4.69, 9.17) is 9.47 Å². The molecule has 4 fully saturated rings. The molecule has 1 saturated heterocycles. The highest BCUT2D eigenvalue weighted by molar-refractivity contribution is 5.62. The number of alkyl halides is 3. The molecule has 214 valence electrons. The summed E-state index contributed by atoms with van der Waals surface area (Å²) in [6.07, 6.45) is 0.139. The Bertz CT molecular complexity index is 1190. The predicted molar refractivity (Wildman–Crippen MR) is 146 cm³/mol. The van der Waals surface area contributed by atoms with E-state index >= 15 is 0 Å². The summed E-state index contributed by atoms with van der Waals surface area (Å²) in [6.45, 7) is 13.5. The molecule has 39 heavy (non-hydrogen) atoms. The highest BCUT2D eigenvalue weighted by Gasteiger charge is 2.72. The van der Waals surface area contributed by atoms with Crippen molar-refractivity contribution in [1.82, 2.24) is 0 Å². The monoisotopic (exact) mass is 544 g/mol. The smallest absolute Gasteiger partial charge is 0.380 e. The molecule has 1 aromatic rings. The van der Waals surface area contributed by atoms with Gasteiger partial charge in [0.05, 0.1) is 13.2 Å². The molecule has 1 heterocycles. The SMILES string of the molecule is C=C(C)c1cccc(C2C[C@@]3(C)C(CC[C@@]3(O)C(F)(F)F)C3CCC4CC5(CCC4=C23)OCC(C)(C)CO5)c1. The molecule has 1 aliphatic heterocycles. The van der Waals surface area contributed by atoms with Crippen LogP contribution in [-0.2, 0) is 9.47 Å². The van der Waals surface area contributed by atoms with Crippen LogP contribution in [0.4, 0.5) is 13.2 Å². The van der Waals surface area contributed by atoms with E-state index in [0.717, 1.165) is 48.8 Å². The van der Waals surface area contributed by atoms with Crippen LogP contribution in [0.15, 0.2) is 42.0 Å². The van der Waals surface area contributed by atoms with Gasteiger partial charge in [-0.25, -0.2) is 0 Å². The third-order valence-corrected chi connectivity index (χ3v) is 11.2. The van der Waals surface area contributed by atoms with Gasteiger partial charge < -0.3 is 14.6 Å². The average Bonchev–Trinajstić information content (AvgIpc) is 3.17. The molecule has 3 nitrogen and oxygen atoms in total. The summed E-state index contributed by atoms with van der Waals surface area (Å²) in [7, 11) is 0. The van der Waals surface area contributed by atoms with Crippen LogP contribution in [0.1, 0.15) is 96.1 Å². The Morgan fingerprint density at radius 1 is 1.03 bits per heavy atom. The zero-order valence-corrected chi connectivity index (χ0v) is 23.8. The van der Waals surface area contributed by atoms with Crippen LogP contribution in [0.2, 0.25) is 0 Å². The lowest BCUT2D eigenvalue weighted by molar-refractivity contribution is -0.312. The van der Waals surface area contributed by atoms with E-state index in [1.54, 1.807) is 6.92 Å². The number of hydrogen-bond acceptors (Lipinski definition) is 3. The Morgan fingerprint density at radius 2 is 1.74 bits per heavy atom. The minimum Gasteiger partial charge on any atom is -0.380 e. The number of rotatable bonds is 2. The maximum absolute atomic E-state index is 14.5. The first-order valence-corrected chi connectivity index (χ1v) is 14.7. The first kappa shape index (κ1) is 27.5. The van der Waals surface area contributed by atoms with Crippen molar-refractivity contribution in [3.05, 3.63) is 53.1 Å². The van der Waals surface area contributed by atoms with E-state index in [2.05, 4.69) is 32.6 Å². The van der Waals surface area contributed by atoms with Gasteiger partial charge in [0.15, 0.2) is 11.4 Å². The Hall–Kier alpha value is -1.63. The average molecular weight is 545 g/mol. The van der Waals surface area contributed by atoms with Crippen molar-refractivity contribution in [2.45, 2.75) is 103 Å². The third kappa shape index (κ3) is 4.18. The van der Waals surface area contributed by atoms with Crippen molar-refractivity contribution >= 4 is 5.57 Å². The second kappa shape index (κ2) is 8.93. The summed E-state index contributed by atoms with van der Waals surface area (Å²) >= 11 is 0. The van der Waals surface area contributed by atoms with Gasteiger partial charge in [0.2, 0.25) is 0 Å². The Kier molecular flexibility index (Phi) is 6.31. The van der Waals surface area contributed by atoms with Gasteiger partial charge in [-0.05, 0) is 74.3 Å². The standard InChI is InChI=1S/C33H43F3O3/c1-20(2)21-7-6-8-22(15-21)26-17-30(5)27(12-14-32(30,37)33(34,35)36)25-10-9-23-16-31(13-11-24(23)28(25)26)38-18-29(3,4)19-39-31/h6-8,15,23,25-27,37H,1,9-14,16-19H2,2-5H3/t23?,25?,26?,27?,30-,32-/m0/s1. The molecule has 3 saturated carbocycles. The first-order chi connectivity index (χ1) is 18.2. The van der Waals surface area contributed by atoms with Gasteiger partial charge in [-0.2, -0.15) is 13.2 Å². The molecule has 6 atom stereocenters. The molecule has 0 bridgehead atoms. The van der Waals surface area contributed by atoms with Crippen LogP contribution >= 0.6 is 0 Å². The molecule has 6 heteroatoms. The van der Waals surface area contributed by atoms with Crippen molar-refractivity contribution in [1.29, 1.82) is 0 Å². The van der Waals surface area contributed by atoms with Crippen molar-refractivity contribution in [3.8, 4) is 0 Å². The van der Waals surface area contributed by atoms with E-state index in [0.29, 0.717) is 32.0 Å². The van der Waals surface area contributed by atoms with Gasteiger partial charge >= 0.3 is 6.18 Å². The molecule has 1 N–H and O–H groups in total. The van der Waals surface area contributed by atoms with Gasteiger partial charge in [-0.3, -0.25) is 0 Å². The Morgan fingerprint density at radius 3 is 2.41 bits per heavy atom. The Balaban J connectivity index is 1.43. The maximum Gasteiger partial charge on any atom is 0.417 e. The molecule has 0 aromatic heterocycles. The van der Waals surface area contributed by atoms with Crippen LogP contribution in [0.25, 0.3) is 5.57 Å². The fourth-order valence-electron chi connectivity index (χ4n) is 9.02. The zero-order valence-electron chi connectivity index (χ0n) is 23.8. The number of hydrogen-bond donors (Lipinski definition) is 1. The fourth-order valence-corrected chi connectivity index (χ4v) is 9.02. The second-order valence-electron chi connectivity index (χ2n) is 14.3. The van der Waals surface area contributed by atoms with Gasteiger partial charge in [-0.15, -0.1) is 0 Å². The molecule has 6 rings (SSSR count).